The highest BCUT2D eigenvalue weighted by Crippen LogP contribution is 2.31. The molecule has 1 aromatic carbocycles. The largest absolute Gasteiger partial charge is 0.490 e. The minimum atomic E-state index is -5.08. The molecular formula is C34H27ClF9N9O8. The fourth-order valence-electron chi connectivity index (χ4n) is 4.96. The highest BCUT2D eigenvalue weighted by atomic mass is 35.5. The van der Waals surface area contributed by atoms with Gasteiger partial charge in [0.05, 0.1) is 18.1 Å². The van der Waals surface area contributed by atoms with E-state index in [-0.39, 0.29) is 11.8 Å². The van der Waals surface area contributed by atoms with Crippen molar-refractivity contribution in [3.63, 3.8) is 0 Å². The van der Waals surface area contributed by atoms with Gasteiger partial charge in [-0.25, -0.2) is 24.4 Å². The number of carbonyl (C=O) groups excluding carboxylic acids is 1. The molecule has 6 N–H and O–H groups in total. The van der Waals surface area contributed by atoms with E-state index < -0.39 is 36.4 Å². The van der Waals surface area contributed by atoms with Crippen LogP contribution in [0.15, 0.2) is 65.6 Å². The van der Waals surface area contributed by atoms with Crippen LogP contribution in [0.5, 0.6) is 0 Å². The Morgan fingerprint density at radius 1 is 0.803 bits per heavy atom. The van der Waals surface area contributed by atoms with Crippen LogP contribution in [0, 0.1) is 5.92 Å². The maximum atomic E-state index is 13.1. The summed E-state index contributed by atoms with van der Waals surface area (Å²) in [4.78, 5) is 63.6. The summed E-state index contributed by atoms with van der Waals surface area (Å²) in [7, 11) is 0. The Balaban J connectivity index is 0.000000323. The van der Waals surface area contributed by atoms with Crippen molar-refractivity contribution in [3.8, 4) is 0 Å². The first-order valence-corrected chi connectivity index (χ1v) is 17.1. The molecule has 6 heterocycles. The lowest BCUT2D eigenvalue weighted by molar-refractivity contribution is -0.193. The van der Waals surface area contributed by atoms with Gasteiger partial charge in [-0.3, -0.25) is 9.78 Å². The number of anilines is 6. The van der Waals surface area contributed by atoms with E-state index in [0.717, 1.165) is 40.1 Å². The molecule has 5 aromatic rings. The number of carboxylic acids is 3. The van der Waals surface area contributed by atoms with E-state index >= 15 is 0 Å². The van der Waals surface area contributed by atoms with Crippen LogP contribution in [0.25, 0.3) is 11.2 Å². The van der Waals surface area contributed by atoms with Crippen molar-refractivity contribution in [2.75, 3.05) is 33.9 Å². The van der Waals surface area contributed by atoms with Crippen molar-refractivity contribution in [1.29, 1.82) is 0 Å². The Kier molecular flexibility index (Phi) is 14.8. The zero-order valence-electron chi connectivity index (χ0n) is 30.2. The van der Waals surface area contributed by atoms with E-state index in [1.54, 1.807) is 18.6 Å². The molecule has 2 aliphatic heterocycles. The van der Waals surface area contributed by atoms with Gasteiger partial charge in [-0.1, -0.05) is 11.6 Å². The molecule has 0 unspecified atom stereocenters. The molecule has 0 atom stereocenters. The Labute approximate surface area is 339 Å². The average molecular weight is 896 g/mol. The maximum absolute atomic E-state index is 13.1. The number of hydrogen-bond acceptors (Lipinski definition) is 13. The number of hydrogen-bond donors (Lipinski definition) is 6. The van der Waals surface area contributed by atoms with Gasteiger partial charge in [0.15, 0.2) is 5.82 Å². The third-order valence-corrected chi connectivity index (χ3v) is 7.98. The number of halogens is 10. The molecule has 61 heavy (non-hydrogen) atoms. The zero-order chi connectivity index (χ0) is 45.3. The second-order valence-corrected chi connectivity index (χ2v) is 12.8. The molecule has 1 fully saturated rings. The summed E-state index contributed by atoms with van der Waals surface area (Å²) in [6, 6.07) is 12.1. The summed E-state index contributed by atoms with van der Waals surface area (Å²) in [5.41, 5.74) is 5.68. The van der Waals surface area contributed by atoms with E-state index in [0.29, 0.717) is 54.4 Å². The van der Waals surface area contributed by atoms with Gasteiger partial charge < -0.3 is 40.6 Å². The Morgan fingerprint density at radius 2 is 1.43 bits per heavy atom. The number of oxazole rings is 1. The number of alkyl halides is 9. The van der Waals surface area contributed by atoms with Gasteiger partial charge in [0.2, 0.25) is 17.6 Å². The van der Waals surface area contributed by atoms with E-state index in [1.807, 2.05) is 47.5 Å². The van der Waals surface area contributed by atoms with E-state index in [2.05, 4.69) is 40.9 Å². The molecule has 6 bridgehead atoms. The number of carboxylic acid groups (broad SMARTS) is 3. The topological polar surface area (TPSA) is 246 Å². The minimum absolute atomic E-state index is 0.0277. The van der Waals surface area contributed by atoms with Gasteiger partial charge in [-0.15, -0.1) is 0 Å². The molecule has 2 aliphatic rings. The van der Waals surface area contributed by atoms with Crippen LogP contribution in [-0.2, 0) is 32.0 Å². The number of nitrogens with one attached hydrogen (secondary N) is 3. The number of aliphatic carboxylic acids is 3. The van der Waals surface area contributed by atoms with Crippen molar-refractivity contribution in [2.45, 2.75) is 37.8 Å². The molecule has 0 spiro atoms. The first kappa shape index (κ1) is 46.7. The zero-order valence-corrected chi connectivity index (χ0v) is 31.0. The number of nitrogens with zero attached hydrogens (tertiary/aromatic N) is 6. The molecule has 7 rings (SSSR count). The Hall–Kier alpha value is -6.99. The molecule has 1 saturated heterocycles. The lowest BCUT2D eigenvalue weighted by Crippen LogP contribution is -2.48. The molecule has 326 valence electrons. The van der Waals surface area contributed by atoms with Crippen LogP contribution in [0.1, 0.15) is 17.5 Å². The van der Waals surface area contributed by atoms with Crippen LogP contribution >= 0.6 is 11.6 Å². The lowest BCUT2D eigenvalue weighted by Gasteiger charge is -2.37. The van der Waals surface area contributed by atoms with E-state index in [9.17, 15) is 44.3 Å². The van der Waals surface area contributed by atoms with Crippen molar-refractivity contribution in [1.82, 2.24) is 24.9 Å². The first-order valence-electron chi connectivity index (χ1n) is 16.7. The predicted octanol–water partition coefficient (Wildman–Crippen LogP) is 7.01. The number of aryl methyl sites for hydroxylation is 2. The second kappa shape index (κ2) is 19.4. The van der Waals surface area contributed by atoms with Crippen molar-refractivity contribution in [3.05, 3.63) is 77.3 Å². The number of fused-ring (bicyclic) bond motifs is 7. The van der Waals surface area contributed by atoms with E-state index in [1.165, 1.54) is 0 Å². The molecular weight excluding hydrogens is 869 g/mol. The predicted molar refractivity (Wildman–Crippen MR) is 194 cm³/mol. The average Bonchev–Trinajstić information content (AvgIpc) is 3.58. The number of rotatable bonds is 4. The maximum Gasteiger partial charge on any atom is 0.490 e. The van der Waals surface area contributed by atoms with Gasteiger partial charge in [0, 0.05) is 49.2 Å². The van der Waals surface area contributed by atoms with Gasteiger partial charge in [-0.05, 0) is 60.4 Å². The Morgan fingerprint density at radius 3 is 2.02 bits per heavy atom. The fraction of sp³-hybridized carbons (Fsp3) is 0.265. The molecule has 27 heteroatoms. The summed E-state index contributed by atoms with van der Waals surface area (Å²) in [5, 5.41) is 31.4. The first-order chi connectivity index (χ1) is 28.4. The summed E-state index contributed by atoms with van der Waals surface area (Å²) in [6.07, 6.45) is -6.60. The Bertz CT molecular complexity index is 2280. The molecule has 0 aliphatic carbocycles. The lowest BCUT2D eigenvalue weighted by atomic mass is 9.96. The van der Waals surface area contributed by atoms with E-state index in [4.69, 9.17) is 45.7 Å². The second-order valence-electron chi connectivity index (χ2n) is 12.4. The summed E-state index contributed by atoms with van der Waals surface area (Å²) < 4.78 is 101. The minimum Gasteiger partial charge on any atom is -0.475 e. The summed E-state index contributed by atoms with van der Waals surface area (Å²) in [6.45, 7) is 1.41. The normalized spacial score (nSPS) is 13.5. The van der Waals surface area contributed by atoms with Crippen molar-refractivity contribution >= 4 is 81.5 Å². The third kappa shape index (κ3) is 14.1. The quantitative estimate of drug-likeness (QED) is 0.0993. The van der Waals surface area contributed by atoms with Crippen LogP contribution in [-0.4, -0.2) is 95.7 Å². The smallest absolute Gasteiger partial charge is 0.475 e. The van der Waals surface area contributed by atoms with Crippen LogP contribution in [0.3, 0.4) is 0 Å². The molecule has 1 amide bonds. The van der Waals surface area contributed by atoms with Crippen LogP contribution < -0.4 is 20.9 Å². The summed E-state index contributed by atoms with van der Waals surface area (Å²) in [5.74, 6) is -7.19. The number of pyridine rings is 2. The number of carbonyl (C=O) groups is 4. The molecule has 4 aromatic heterocycles. The SMILES string of the molecule is O=C(CC1CN(c2nc3cccnc3o2)C1)Nc1ccc2cc1CCc1cncc(c1)Nc1ncc(Cl)c(n1)N2.O=C(O)C(F)(F)F.O=C(O)C(F)(F)F.O=C(O)C(F)(F)F. The van der Waals surface area contributed by atoms with Crippen molar-refractivity contribution in [2.24, 2.45) is 5.92 Å². The van der Waals surface area contributed by atoms with Gasteiger partial charge >= 0.3 is 36.4 Å². The summed E-state index contributed by atoms with van der Waals surface area (Å²) >= 11 is 6.37. The number of amides is 1. The fourth-order valence-corrected chi connectivity index (χ4v) is 5.10. The van der Waals surface area contributed by atoms with Crippen molar-refractivity contribution < 1.29 is 78.4 Å². The number of benzene rings is 1. The van der Waals surface area contributed by atoms with Gasteiger partial charge in [0.25, 0.3) is 6.01 Å². The van der Waals surface area contributed by atoms with Crippen LogP contribution in [0.4, 0.5) is 74.4 Å². The third-order valence-electron chi connectivity index (χ3n) is 7.70. The van der Waals surface area contributed by atoms with Gasteiger partial charge in [-0.2, -0.15) is 49.5 Å². The monoisotopic (exact) mass is 895 g/mol. The molecule has 0 saturated carbocycles. The van der Waals surface area contributed by atoms with Crippen LogP contribution in [0.2, 0.25) is 5.02 Å². The highest BCUT2D eigenvalue weighted by Gasteiger charge is 2.39. The standard InChI is InChI=1S/C28H24ClN9O2.3C2HF3O2/c29-21-13-32-27-34-20-8-16(11-30-12-20)3-4-18-10-19(33-25(21)37-27)5-6-22(18)35-24(39)9-17-14-38(15-17)28-36-23-2-1-7-31-26(23)40-28;3*3-2(4,5)1(6)7/h1-2,5-8,10-13,17H,3-4,9,14-15H2,(H,35,39)(H2,32,33,34,37);3*(H,6,7). The molecule has 17 nitrogen and oxygen atoms in total. The molecule has 0 radical (unpaired) electrons. The number of aromatic nitrogens is 5. The van der Waals surface area contributed by atoms with Gasteiger partial charge in [0.1, 0.15) is 10.5 Å². The highest BCUT2D eigenvalue weighted by molar-refractivity contribution is 6.32.